The molecule has 0 amide bonds. The third-order valence-electron chi connectivity index (χ3n) is 5.76. The van der Waals surface area contributed by atoms with Crippen molar-refractivity contribution in [2.45, 2.75) is 57.3 Å². The molecule has 0 radical (unpaired) electrons. The lowest BCUT2D eigenvalue weighted by Crippen LogP contribution is -2.47. The van der Waals surface area contributed by atoms with Crippen molar-refractivity contribution < 1.29 is 0 Å². The second-order valence-corrected chi connectivity index (χ2v) is 6.94. The third kappa shape index (κ3) is 2.02. The molecule has 2 saturated heterocycles. The Bertz CT molecular complexity index is 619. The highest BCUT2D eigenvalue weighted by Gasteiger charge is 2.39. The van der Waals surface area contributed by atoms with E-state index in [2.05, 4.69) is 47.7 Å². The highest BCUT2D eigenvalue weighted by atomic mass is 15.2. The van der Waals surface area contributed by atoms with Crippen molar-refractivity contribution in [2.75, 3.05) is 0 Å². The lowest BCUT2D eigenvalue weighted by molar-refractivity contribution is 0.117. The minimum Gasteiger partial charge on any atom is -0.346 e. The van der Waals surface area contributed by atoms with Crippen molar-refractivity contribution in [3.8, 4) is 0 Å². The third-order valence-corrected chi connectivity index (χ3v) is 5.76. The van der Waals surface area contributed by atoms with Crippen LogP contribution in [0.5, 0.6) is 0 Å². The van der Waals surface area contributed by atoms with E-state index in [1.807, 2.05) is 0 Å². The first-order valence-corrected chi connectivity index (χ1v) is 8.19. The summed E-state index contributed by atoms with van der Waals surface area (Å²) in [6.45, 7) is 3.36. The summed E-state index contributed by atoms with van der Waals surface area (Å²) >= 11 is 0. The van der Waals surface area contributed by atoms with Gasteiger partial charge in [0.15, 0.2) is 0 Å². The summed E-state index contributed by atoms with van der Waals surface area (Å²) in [6.07, 6.45) is 5.03. The maximum absolute atomic E-state index is 6.20. The molecule has 2 atom stereocenters. The number of nitrogens with zero attached hydrogens (tertiary/aromatic N) is 2. The molecule has 2 unspecified atom stereocenters. The van der Waals surface area contributed by atoms with Gasteiger partial charge in [0.2, 0.25) is 0 Å². The van der Waals surface area contributed by atoms with E-state index < -0.39 is 0 Å². The Balaban J connectivity index is 1.69. The molecule has 3 heterocycles. The van der Waals surface area contributed by atoms with Crippen LogP contribution < -0.4 is 5.73 Å². The molecule has 3 heteroatoms. The Hall–Kier alpha value is -1.32. The summed E-state index contributed by atoms with van der Waals surface area (Å²) in [4.78, 5) is 2.73. The number of hydrogen-bond donors (Lipinski definition) is 1. The van der Waals surface area contributed by atoms with E-state index in [1.54, 1.807) is 0 Å². The highest BCUT2D eigenvalue weighted by molar-refractivity contribution is 5.85. The van der Waals surface area contributed by atoms with Crippen molar-refractivity contribution >= 4 is 10.9 Å². The average Bonchev–Trinajstić information content (AvgIpc) is 2.86. The van der Waals surface area contributed by atoms with Crippen molar-refractivity contribution in [1.29, 1.82) is 0 Å². The molecule has 3 nitrogen and oxygen atoms in total. The molecule has 4 rings (SSSR count). The highest BCUT2D eigenvalue weighted by Crippen LogP contribution is 2.37. The Labute approximate surface area is 126 Å². The maximum Gasteiger partial charge on any atom is 0.0483 e. The van der Waals surface area contributed by atoms with Gasteiger partial charge in [-0.3, -0.25) is 4.90 Å². The van der Waals surface area contributed by atoms with Crippen LogP contribution in [0.2, 0.25) is 0 Å². The van der Waals surface area contributed by atoms with Crippen molar-refractivity contribution in [1.82, 2.24) is 9.47 Å². The van der Waals surface area contributed by atoms with Gasteiger partial charge in [0.05, 0.1) is 0 Å². The number of nitrogens with two attached hydrogens (primary N) is 1. The quantitative estimate of drug-likeness (QED) is 0.919. The predicted octanol–water partition coefficient (Wildman–Crippen LogP) is 2.94. The first-order chi connectivity index (χ1) is 10.1. The zero-order valence-corrected chi connectivity index (χ0v) is 13.0. The summed E-state index contributed by atoms with van der Waals surface area (Å²) in [5.41, 5.74) is 10.5. The van der Waals surface area contributed by atoms with Crippen LogP contribution >= 0.6 is 0 Å². The molecule has 0 aliphatic carbocycles. The fourth-order valence-electron chi connectivity index (χ4n) is 4.61. The zero-order valence-electron chi connectivity index (χ0n) is 13.0. The van der Waals surface area contributed by atoms with Crippen LogP contribution in [0.15, 0.2) is 24.3 Å². The fraction of sp³-hybridized carbons (Fsp3) is 0.556. The standard InChI is InChI=1S/C18H25N3/c1-12-16-5-3-4-6-17(16)20(2)18(12)11-21-14-7-8-15(21)10-13(19)9-14/h3-6,13-15H,7-11,19H2,1-2H3. The summed E-state index contributed by atoms with van der Waals surface area (Å²) in [7, 11) is 2.21. The fourth-order valence-corrected chi connectivity index (χ4v) is 4.61. The number of benzene rings is 1. The van der Waals surface area contributed by atoms with Crippen LogP contribution in [0.25, 0.3) is 10.9 Å². The molecule has 2 bridgehead atoms. The van der Waals surface area contributed by atoms with Gasteiger partial charge in [0, 0.05) is 48.3 Å². The molecule has 112 valence electrons. The maximum atomic E-state index is 6.20. The van der Waals surface area contributed by atoms with Crippen LogP contribution in [0.1, 0.15) is 36.9 Å². The Morgan fingerprint density at radius 3 is 2.48 bits per heavy atom. The first kappa shape index (κ1) is 13.4. The molecule has 2 aliphatic heterocycles. The summed E-state index contributed by atoms with van der Waals surface area (Å²) in [5.74, 6) is 0. The van der Waals surface area contributed by atoms with Gasteiger partial charge in [0.1, 0.15) is 0 Å². The molecule has 1 aromatic carbocycles. The SMILES string of the molecule is Cc1c(CN2C3CCC2CC(N)C3)n(C)c2ccccc12. The van der Waals surface area contributed by atoms with Gasteiger partial charge in [-0.05, 0) is 44.2 Å². The molecule has 21 heavy (non-hydrogen) atoms. The van der Waals surface area contributed by atoms with Gasteiger partial charge in [-0.2, -0.15) is 0 Å². The molecule has 0 saturated carbocycles. The van der Waals surface area contributed by atoms with Crippen LogP contribution in [0.3, 0.4) is 0 Å². The number of para-hydroxylation sites is 1. The normalized spacial score (nSPS) is 29.4. The van der Waals surface area contributed by atoms with E-state index in [1.165, 1.54) is 47.8 Å². The Kier molecular flexibility index (Phi) is 3.09. The van der Waals surface area contributed by atoms with E-state index in [0.29, 0.717) is 18.1 Å². The van der Waals surface area contributed by atoms with Gasteiger partial charge in [-0.1, -0.05) is 18.2 Å². The largest absolute Gasteiger partial charge is 0.346 e. The molecule has 2 aliphatic rings. The zero-order chi connectivity index (χ0) is 14.6. The van der Waals surface area contributed by atoms with Crippen molar-refractivity contribution in [2.24, 2.45) is 12.8 Å². The number of aromatic nitrogens is 1. The molecular formula is C18H25N3. The molecular weight excluding hydrogens is 258 g/mol. The summed E-state index contributed by atoms with van der Waals surface area (Å²) < 4.78 is 2.39. The topological polar surface area (TPSA) is 34.2 Å². The van der Waals surface area contributed by atoms with E-state index >= 15 is 0 Å². The Morgan fingerprint density at radius 2 is 1.81 bits per heavy atom. The first-order valence-electron chi connectivity index (χ1n) is 8.19. The molecule has 2 aromatic rings. The smallest absolute Gasteiger partial charge is 0.0483 e. The van der Waals surface area contributed by atoms with Crippen molar-refractivity contribution in [3.05, 3.63) is 35.5 Å². The molecule has 0 spiro atoms. The minimum absolute atomic E-state index is 0.423. The van der Waals surface area contributed by atoms with Gasteiger partial charge < -0.3 is 10.3 Å². The summed E-state index contributed by atoms with van der Waals surface area (Å²) in [5, 5.41) is 1.40. The Morgan fingerprint density at radius 1 is 1.14 bits per heavy atom. The lowest BCUT2D eigenvalue weighted by atomic mass is 9.97. The van der Waals surface area contributed by atoms with Gasteiger partial charge in [-0.15, -0.1) is 0 Å². The van der Waals surface area contributed by atoms with Crippen molar-refractivity contribution in [3.63, 3.8) is 0 Å². The predicted molar refractivity (Wildman–Crippen MR) is 87.2 cm³/mol. The van der Waals surface area contributed by atoms with Gasteiger partial charge in [0.25, 0.3) is 0 Å². The van der Waals surface area contributed by atoms with E-state index in [9.17, 15) is 0 Å². The minimum atomic E-state index is 0.423. The van der Waals surface area contributed by atoms with Crippen LogP contribution in [0, 0.1) is 6.92 Å². The molecule has 2 N–H and O–H groups in total. The second-order valence-electron chi connectivity index (χ2n) is 6.94. The van der Waals surface area contributed by atoms with Gasteiger partial charge >= 0.3 is 0 Å². The lowest BCUT2D eigenvalue weighted by Gasteiger charge is -2.37. The second kappa shape index (κ2) is 4.85. The number of hydrogen-bond acceptors (Lipinski definition) is 2. The van der Waals surface area contributed by atoms with E-state index in [0.717, 1.165) is 6.54 Å². The molecule has 2 fully saturated rings. The van der Waals surface area contributed by atoms with Crippen LogP contribution in [-0.2, 0) is 13.6 Å². The van der Waals surface area contributed by atoms with E-state index in [-0.39, 0.29) is 0 Å². The van der Waals surface area contributed by atoms with Crippen LogP contribution in [-0.4, -0.2) is 27.6 Å². The average molecular weight is 283 g/mol. The summed E-state index contributed by atoms with van der Waals surface area (Å²) in [6, 6.07) is 10.6. The number of aryl methyl sites for hydroxylation is 2. The number of fused-ring (bicyclic) bond motifs is 3. The van der Waals surface area contributed by atoms with E-state index in [4.69, 9.17) is 5.73 Å². The molecule has 1 aromatic heterocycles. The van der Waals surface area contributed by atoms with Crippen LogP contribution in [0.4, 0.5) is 0 Å². The number of piperidine rings is 1. The van der Waals surface area contributed by atoms with Gasteiger partial charge in [-0.25, -0.2) is 0 Å². The number of rotatable bonds is 2. The monoisotopic (exact) mass is 283 g/mol.